The Labute approximate surface area is 240 Å². The van der Waals surface area contributed by atoms with Crippen molar-refractivity contribution in [1.82, 2.24) is 4.31 Å². The minimum atomic E-state index is -7.84. The molecular weight excluding hydrogens is 651 g/mol. The third-order valence-corrected chi connectivity index (χ3v) is 7.13. The Morgan fingerprint density at radius 2 is 0.860 bits per heavy atom. The van der Waals surface area contributed by atoms with Crippen molar-refractivity contribution in [3.05, 3.63) is 0 Å². The normalized spacial score (nSPS) is 14.2. The lowest BCUT2D eigenvalue weighted by molar-refractivity contribution is -0.413. The second kappa shape index (κ2) is 18.7. The summed E-state index contributed by atoms with van der Waals surface area (Å²) in [4.78, 5) is 0. The lowest BCUT2D eigenvalue weighted by Gasteiger charge is -2.38. The van der Waals surface area contributed by atoms with E-state index >= 15 is 0 Å². The van der Waals surface area contributed by atoms with E-state index in [1.54, 1.807) is 0 Å². The summed E-state index contributed by atoms with van der Waals surface area (Å²) < 4.78 is 199. The molecule has 0 unspecified atom stereocenters. The summed E-state index contributed by atoms with van der Waals surface area (Å²) in [6, 6.07) is 0. The van der Waals surface area contributed by atoms with E-state index in [2.05, 4.69) is 0 Å². The van der Waals surface area contributed by atoms with Crippen LogP contribution in [0.3, 0.4) is 0 Å². The van der Waals surface area contributed by atoms with E-state index in [1.165, 1.54) is 0 Å². The van der Waals surface area contributed by atoms with Crippen LogP contribution in [0.5, 0.6) is 0 Å². The molecule has 0 saturated carbocycles. The number of aliphatic hydroxyl groups is 1. The quantitative estimate of drug-likeness (QED) is 0.109. The summed E-state index contributed by atoms with van der Waals surface area (Å²) in [5, 5.41) is 1.44. The fraction of sp³-hybridized carbons (Fsp3) is 1.00. The highest BCUT2D eigenvalue weighted by molar-refractivity contribution is 7.90. The number of aliphatic hydroxyl groups excluding tert-OH is 1. The zero-order valence-corrected chi connectivity index (χ0v) is 23.6. The molecule has 0 rings (SSSR count). The van der Waals surface area contributed by atoms with E-state index in [9.17, 15) is 56.7 Å². The van der Waals surface area contributed by atoms with Gasteiger partial charge >= 0.3 is 29.2 Å². The highest BCUT2D eigenvalue weighted by atomic mass is 32.2. The van der Waals surface area contributed by atoms with Crippen molar-refractivity contribution >= 4 is 10.0 Å². The van der Waals surface area contributed by atoms with Crippen LogP contribution < -0.4 is 0 Å². The summed E-state index contributed by atoms with van der Waals surface area (Å²) in [6.07, 6.45) is -7.41. The van der Waals surface area contributed by atoms with Crippen LogP contribution in [0.1, 0.15) is 6.92 Å². The van der Waals surface area contributed by atoms with Gasteiger partial charge in [0.25, 0.3) is 10.0 Å². The summed E-state index contributed by atoms with van der Waals surface area (Å²) in [6.45, 7) is -0.644. The first kappa shape index (κ1) is 41.9. The number of likely N-dealkylation sites (N-methyl/N-ethyl adjacent to an activating group) is 1. The molecule has 22 heteroatoms. The number of ether oxygens (including phenoxy) is 6. The third-order valence-electron chi connectivity index (χ3n) is 5.11. The van der Waals surface area contributed by atoms with Crippen LogP contribution in [-0.2, 0) is 38.4 Å². The maximum atomic E-state index is 14.1. The van der Waals surface area contributed by atoms with Gasteiger partial charge in [-0.1, -0.05) is 6.92 Å². The van der Waals surface area contributed by atoms with Gasteiger partial charge in [-0.05, 0) is 0 Å². The van der Waals surface area contributed by atoms with E-state index in [0.717, 1.165) is 6.92 Å². The number of nitrogens with zero attached hydrogens (tertiary/aromatic N) is 1. The molecule has 0 aliphatic rings. The molecule has 0 atom stereocenters. The molecule has 0 amide bonds. The van der Waals surface area contributed by atoms with Gasteiger partial charge in [-0.2, -0.15) is 52.6 Å². The SMILES string of the molecule is CCN(CCOCCOCCOCCOCCOCCOCCO)S(=O)(=O)C(F)(F)C(F)(F)C(F)(F)C(F)(F)C(F)(F)F. The summed E-state index contributed by atoms with van der Waals surface area (Å²) in [5.41, 5.74) is 0. The van der Waals surface area contributed by atoms with Crippen LogP contribution in [0.4, 0.5) is 48.3 Å². The molecule has 260 valence electrons. The van der Waals surface area contributed by atoms with Gasteiger partial charge in [0.15, 0.2) is 0 Å². The first-order valence-corrected chi connectivity index (χ1v) is 13.9. The maximum absolute atomic E-state index is 14.1. The highest BCUT2D eigenvalue weighted by Gasteiger charge is 2.89. The Balaban J connectivity index is 4.42. The molecule has 43 heavy (non-hydrogen) atoms. The molecule has 1 N–H and O–H groups in total. The highest BCUT2D eigenvalue weighted by Crippen LogP contribution is 2.58. The first-order valence-electron chi connectivity index (χ1n) is 12.4. The summed E-state index contributed by atoms with van der Waals surface area (Å²) in [7, 11) is -6.91. The molecule has 0 aliphatic carbocycles. The van der Waals surface area contributed by atoms with Crippen molar-refractivity contribution in [3.63, 3.8) is 0 Å². The Hall–Kier alpha value is -1.14. The van der Waals surface area contributed by atoms with Crippen molar-refractivity contribution in [2.45, 2.75) is 36.1 Å². The van der Waals surface area contributed by atoms with Crippen LogP contribution >= 0.6 is 0 Å². The van der Waals surface area contributed by atoms with Gasteiger partial charge in [0.2, 0.25) is 0 Å². The van der Waals surface area contributed by atoms with Crippen LogP contribution in [0.2, 0.25) is 0 Å². The first-order chi connectivity index (χ1) is 19.8. The Morgan fingerprint density at radius 1 is 0.535 bits per heavy atom. The van der Waals surface area contributed by atoms with Gasteiger partial charge in [-0.3, -0.25) is 0 Å². The molecule has 0 bridgehead atoms. The minimum Gasteiger partial charge on any atom is -0.394 e. The minimum absolute atomic E-state index is 0.0495. The second-order valence-corrected chi connectivity index (χ2v) is 10.1. The second-order valence-electron chi connectivity index (χ2n) is 8.13. The molecule has 0 aliphatic heterocycles. The Kier molecular flexibility index (Phi) is 18.2. The predicted molar refractivity (Wildman–Crippen MR) is 124 cm³/mol. The molecule has 0 aromatic heterocycles. The number of sulfonamides is 1. The monoisotopic (exact) mass is 685 g/mol. The lowest BCUT2D eigenvalue weighted by atomic mass is 10.0. The van der Waals surface area contributed by atoms with Gasteiger partial charge in [0.05, 0.1) is 85.9 Å². The predicted octanol–water partition coefficient (Wildman–Crippen LogP) is 2.79. The van der Waals surface area contributed by atoms with E-state index in [4.69, 9.17) is 33.5 Å². The number of hydrogen-bond acceptors (Lipinski definition) is 9. The number of halogens is 11. The van der Waals surface area contributed by atoms with E-state index < -0.39 is 63.2 Å². The molecule has 0 spiro atoms. The fourth-order valence-corrected chi connectivity index (χ4v) is 4.19. The molecule has 0 radical (unpaired) electrons. The van der Waals surface area contributed by atoms with Gasteiger partial charge in [0, 0.05) is 13.1 Å². The summed E-state index contributed by atoms with van der Waals surface area (Å²) >= 11 is 0. The average molecular weight is 686 g/mol. The van der Waals surface area contributed by atoms with Crippen molar-refractivity contribution < 1.29 is 90.2 Å². The van der Waals surface area contributed by atoms with Crippen LogP contribution in [0, 0.1) is 0 Å². The molecule has 0 fully saturated rings. The van der Waals surface area contributed by atoms with Gasteiger partial charge in [-0.15, -0.1) is 0 Å². The van der Waals surface area contributed by atoms with Crippen molar-refractivity contribution in [2.75, 3.05) is 99.0 Å². The standard InChI is InChI=1S/C21H34F11NO9S/c1-2-33(43(35,36)21(31,32)19(26,27)17(22,23)18(24,25)20(28,29)30)3-5-37-7-9-39-11-13-41-15-16-42-14-12-40-10-8-38-6-4-34/h34H,2-16H2,1H3. The molecule has 0 heterocycles. The smallest absolute Gasteiger partial charge is 0.394 e. The van der Waals surface area contributed by atoms with E-state index in [-0.39, 0.29) is 52.9 Å². The molecule has 0 saturated heterocycles. The van der Waals surface area contributed by atoms with E-state index in [0.29, 0.717) is 26.4 Å². The van der Waals surface area contributed by atoms with Crippen molar-refractivity contribution in [1.29, 1.82) is 0 Å². The number of alkyl halides is 11. The Morgan fingerprint density at radius 3 is 1.16 bits per heavy atom. The maximum Gasteiger partial charge on any atom is 0.460 e. The third kappa shape index (κ3) is 11.6. The largest absolute Gasteiger partial charge is 0.460 e. The molecule has 10 nitrogen and oxygen atoms in total. The van der Waals surface area contributed by atoms with Crippen LogP contribution in [-0.4, -0.2) is 146 Å². The van der Waals surface area contributed by atoms with Gasteiger partial charge < -0.3 is 33.5 Å². The lowest BCUT2D eigenvalue weighted by Crippen LogP contribution is -2.69. The van der Waals surface area contributed by atoms with Crippen LogP contribution in [0.15, 0.2) is 0 Å². The fourth-order valence-electron chi connectivity index (χ4n) is 2.76. The molecule has 0 aromatic carbocycles. The average Bonchev–Trinajstić information content (AvgIpc) is 2.90. The van der Waals surface area contributed by atoms with Crippen molar-refractivity contribution in [3.8, 4) is 0 Å². The van der Waals surface area contributed by atoms with Gasteiger partial charge in [-0.25, -0.2) is 8.42 Å². The zero-order valence-electron chi connectivity index (χ0n) is 22.8. The van der Waals surface area contributed by atoms with E-state index in [1.807, 2.05) is 0 Å². The zero-order chi connectivity index (χ0) is 33.4. The number of rotatable bonds is 26. The molecule has 0 aromatic rings. The molecular formula is C21H34F11NO9S. The Bertz CT molecular complexity index is 866. The topological polar surface area (TPSA) is 113 Å². The summed E-state index contributed by atoms with van der Waals surface area (Å²) in [5.74, 6) is -23.2. The van der Waals surface area contributed by atoms with Gasteiger partial charge in [0.1, 0.15) is 0 Å². The number of hydrogen-bond donors (Lipinski definition) is 1. The van der Waals surface area contributed by atoms with Crippen LogP contribution in [0.25, 0.3) is 0 Å². The van der Waals surface area contributed by atoms with Crippen molar-refractivity contribution in [2.24, 2.45) is 0 Å².